The molecular formula is C19H25Cl2NO2. The summed E-state index contributed by atoms with van der Waals surface area (Å²) in [5.74, 6) is 0.860. The van der Waals surface area contributed by atoms with Crippen molar-refractivity contribution in [1.82, 2.24) is 5.32 Å². The third kappa shape index (κ3) is 7.54. The van der Waals surface area contributed by atoms with Crippen molar-refractivity contribution < 1.29 is 9.47 Å². The van der Waals surface area contributed by atoms with Crippen molar-refractivity contribution in [3.63, 3.8) is 0 Å². The van der Waals surface area contributed by atoms with Gasteiger partial charge in [0.25, 0.3) is 0 Å². The van der Waals surface area contributed by atoms with Gasteiger partial charge < -0.3 is 14.8 Å². The summed E-state index contributed by atoms with van der Waals surface area (Å²) in [6.45, 7) is 5.86. The lowest BCUT2D eigenvalue weighted by molar-refractivity contribution is 0.144. The Kier molecular flexibility index (Phi) is 10.5. The van der Waals surface area contributed by atoms with Crippen LogP contribution in [0.25, 0.3) is 0 Å². The van der Waals surface area contributed by atoms with E-state index < -0.39 is 0 Å². The van der Waals surface area contributed by atoms with E-state index in [2.05, 4.69) is 17.4 Å². The third-order valence-electron chi connectivity index (χ3n) is 3.43. The second-order valence-corrected chi connectivity index (χ2v) is 5.66. The lowest BCUT2D eigenvalue weighted by Crippen LogP contribution is -2.16. The van der Waals surface area contributed by atoms with Crippen molar-refractivity contribution >= 4 is 24.0 Å². The second-order valence-electron chi connectivity index (χ2n) is 5.25. The molecule has 0 atom stereocenters. The molecule has 2 rings (SSSR count). The van der Waals surface area contributed by atoms with Crippen LogP contribution in [-0.4, -0.2) is 19.8 Å². The average Bonchev–Trinajstić information content (AvgIpc) is 2.58. The van der Waals surface area contributed by atoms with E-state index in [1.807, 2.05) is 43.3 Å². The fourth-order valence-corrected chi connectivity index (χ4v) is 2.39. The molecule has 0 spiro atoms. The summed E-state index contributed by atoms with van der Waals surface area (Å²) >= 11 is 6.14. The number of rotatable bonds is 10. The molecule has 5 heteroatoms. The van der Waals surface area contributed by atoms with Crippen LogP contribution in [0, 0.1) is 0 Å². The Morgan fingerprint density at radius 3 is 2.71 bits per heavy atom. The first kappa shape index (κ1) is 20.8. The summed E-state index contributed by atoms with van der Waals surface area (Å²) < 4.78 is 11.2. The number of benzene rings is 2. The lowest BCUT2D eigenvalue weighted by atomic mass is 10.2. The summed E-state index contributed by atoms with van der Waals surface area (Å²) in [5.41, 5.74) is 2.20. The third-order valence-corrected chi connectivity index (χ3v) is 3.79. The molecular weight excluding hydrogens is 345 g/mol. The van der Waals surface area contributed by atoms with Crippen molar-refractivity contribution in [2.24, 2.45) is 0 Å². The highest BCUT2D eigenvalue weighted by Gasteiger charge is 2.01. The molecule has 0 unspecified atom stereocenters. The molecule has 0 aliphatic rings. The molecule has 24 heavy (non-hydrogen) atoms. The van der Waals surface area contributed by atoms with Gasteiger partial charge in [0.05, 0.1) is 0 Å². The number of ether oxygens (including phenoxy) is 2. The number of hydrogen-bond acceptors (Lipinski definition) is 3. The summed E-state index contributed by atoms with van der Waals surface area (Å²) in [6, 6.07) is 15.9. The van der Waals surface area contributed by atoms with Gasteiger partial charge in [0, 0.05) is 30.3 Å². The summed E-state index contributed by atoms with van der Waals surface area (Å²) in [4.78, 5) is 0. The maximum atomic E-state index is 6.14. The van der Waals surface area contributed by atoms with E-state index in [-0.39, 0.29) is 12.4 Å². The fraction of sp³-hybridized carbons (Fsp3) is 0.368. The van der Waals surface area contributed by atoms with E-state index >= 15 is 0 Å². The first-order chi connectivity index (χ1) is 11.3. The van der Waals surface area contributed by atoms with Crippen LogP contribution in [0.3, 0.4) is 0 Å². The molecule has 0 saturated heterocycles. The Labute approximate surface area is 155 Å². The van der Waals surface area contributed by atoms with Crippen LogP contribution in [0.1, 0.15) is 24.5 Å². The quantitative estimate of drug-likeness (QED) is 0.606. The van der Waals surface area contributed by atoms with E-state index in [0.717, 1.165) is 49.1 Å². The maximum Gasteiger partial charge on any atom is 0.120 e. The van der Waals surface area contributed by atoms with Crippen LogP contribution in [0.15, 0.2) is 48.5 Å². The largest absolute Gasteiger partial charge is 0.489 e. The zero-order chi connectivity index (χ0) is 16.3. The Morgan fingerprint density at radius 1 is 1.08 bits per heavy atom. The van der Waals surface area contributed by atoms with Crippen LogP contribution in [-0.2, 0) is 17.9 Å². The minimum absolute atomic E-state index is 0. The maximum absolute atomic E-state index is 6.14. The number of halogens is 2. The molecule has 0 aliphatic carbocycles. The van der Waals surface area contributed by atoms with Crippen molar-refractivity contribution in [2.75, 3.05) is 19.8 Å². The number of nitrogens with one attached hydrogen (secondary N) is 1. The van der Waals surface area contributed by atoms with E-state index in [0.29, 0.717) is 6.61 Å². The standard InChI is InChI=1S/C19H24ClNO2.ClH/c1-2-22-12-6-11-21-14-16-7-5-9-18(13-16)23-15-17-8-3-4-10-19(17)20;/h3-5,7-10,13,21H,2,6,11-12,14-15H2,1H3;1H. The minimum atomic E-state index is 0. The fourth-order valence-electron chi connectivity index (χ4n) is 2.20. The summed E-state index contributed by atoms with van der Waals surface area (Å²) in [7, 11) is 0. The lowest BCUT2D eigenvalue weighted by Gasteiger charge is -2.10. The topological polar surface area (TPSA) is 30.5 Å². The van der Waals surface area contributed by atoms with Gasteiger partial charge in [0.15, 0.2) is 0 Å². The van der Waals surface area contributed by atoms with Gasteiger partial charge in [-0.25, -0.2) is 0 Å². The van der Waals surface area contributed by atoms with Crippen molar-refractivity contribution in [3.8, 4) is 5.75 Å². The second kappa shape index (κ2) is 12.2. The zero-order valence-corrected chi connectivity index (χ0v) is 15.5. The number of hydrogen-bond donors (Lipinski definition) is 1. The Balaban J connectivity index is 0.00000288. The SMILES string of the molecule is CCOCCCNCc1cccc(OCc2ccccc2Cl)c1.Cl. The van der Waals surface area contributed by atoms with Crippen LogP contribution >= 0.6 is 24.0 Å². The summed E-state index contributed by atoms with van der Waals surface area (Å²) in [5, 5.41) is 4.15. The van der Waals surface area contributed by atoms with Gasteiger partial charge in [0.1, 0.15) is 12.4 Å². The smallest absolute Gasteiger partial charge is 0.120 e. The zero-order valence-electron chi connectivity index (χ0n) is 14.0. The molecule has 0 fully saturated rings. The van der Waals surface area contributed by atoms with E-state index in [1.165, 1.54) is 5.56 Å². The first-order valence-corrected chi connectivity index (χ1v) is 8.41. The first-order valence-electron chi connectivity index (χ1n) is 8.03. The van der Waals surface area contributed by atoms with Gasteiger partial charge in [-0.1, -0.05) is 41.9 Å². The average molecular weight is 370 g/mol. The van der Waals surface area contributed by atoms with Gasteiger partial charge in [-0.05, 0) is 43.7 Å². The molecule has 0 aromatic heterocycles. The normalized spacial score (nSPS) is 10.2. The predicted molar refractivity (Wildman–Crippen MR) is 102 cm³/mol. The monoisotopic (exact) mass is 369 g/mol. The molecule has 2 aromatic rings. The van der Waals surface area contributed by atoms with Gasteiger partial charge in [0.2, 0.25) is 0 Å². The molecule has 1 N–H and O–H groups in total. The van der Waals surface area contributed by atoms with Crippen molar-refractivity contribution in [2.45, 2.75) is 26.5 Å². The van der Waals surface area contributed by atoms with Crippen molar-refractivity contribution in [1.29, 1.82) is 0 Å². The van der Waals surface area contributed by atoms with Crippen LogP contribution < -0.4 is 10.1 Å². The highest BCUT2D eigenvalue weighted by atomic mass is 35.5. The van der Waals surface area contributed by atoms with E-state index in [4.69, 9.17) is 21.1 Å². The summed E-state index contributed by atoms with van der Waals surface area (Å²) in [6.07, 6.45) is 1.02. The molecule has 0 saturated carbocycles. The molecule has 0 aliphatic heterocycles. The Morgan fingerprint density at radius 2 is 1.92 bits per heavy atom. The Hall–Kier alpha value is -1.26. The molecule has 2 aromatic carbocycles. The van der Waals surface area contributed by atoms with Crippen LogP contribution in [0.5, 0.6) is 5.75 Å². The molecule has 132 valence electrons. The minimum Gasteiger partial charge on any atom is -0.489 e. The molecule has 0 radical (unpaired) electrons. The van der Waals surface area contributed by atoms with Gasteiger partial charge >= 0.3 is 0 Å². The van der Waals surface area contributed by atoms with E-state index in [9.17, 15) is 0 Å². The molecule has 0 bridgehead atoms. The van der Waals surface area contributed by atoms with Gasteiger partial charge in [-0.2, -0.15) is 0 Å². The van der Waals surface area contributed by atoms with Crippen molar-refractivity contribution in [3.05, 3.63) is 64.7 Å². The molecule has 0 amide bonds. The molecule has 0 heterocycles. The Bertz CT molecular complexity index is 593. The van der Waals surface area contributed by atoms with E-state index in [1.54, 1.807) is 0 Å². The predicted octanol–water partition coefficient (Wildman–Crippen LogP) is 4.86. The van der Waals surface area contributed by atoms with Crippen LogP contribution in [0.2, 0.25) is 5.02 Å². The van der Waals surface area contributed by atoms with Crippen LogP contribution in [0.4, 0.5) is 0 Å². The van der Waals surface area contributed by atoms with Gasteiger partial charge in [-0.15, -0.1) is 12.4 Å². The molecule has 3 nitrogen and oxygen atoms in total. The highest BCUT2D eigenvalue weighted by molar-refractivity contribution is 6.31. The van der Waals surface area contributed by atoms with Gasteiger partial charge in [-0.3, -0.25) is 0 Å². The highest BCUT2D eigenvalue weighted by Crippen LogP contribution is 2.19.